The number of carbonyl (C=O) groups is 1. The topological polar surface area (TPSA) is 39.2 Å². The minimum Gasteiger partial charge on any atom is -0.469 e. The second-order valence-electron chi connectivity index (χ2n) is 3.40. The summed E-state index contributed by atoms with van der Waals surface area (Å²) in [6, 6.07) is 7.92. The number of ether oxygens (including phenoxy) is 1. The molecule has 0 amide bonds. The van der Waals surface area contributed by atoms with Gasteiger partial charge in [0.2, 0.25) is 0 Å². The first-order valence-electron chi connectivity index (χ1n) is 4.96. The minimum atomic E-state index is -0.266. The van der Waals surface area contributed by atoms with Crippen LogP contribution in [0.25, 0.3) is 10.6 Å². The van der Waals surface area contributed by atoms with Crippen molar-refractivity contribution in [2.24, 2.45) is 0 Å². The molecule has 2 rings (SSSR count). The Labute approximate surface area is 112 Å². The van der Waals surface area contributed by atoms with Crippen LogP contribution in [-0.4, -0.2) is 18.1 Å². The quantitative estimate of drug-likeness (QED) is 0.817. The first kappa shape index (κ1) is 12.3. The van der Waals surface area contributed by atoms with Crippen molar-refractivity contribution in [3.05, 3.63) is 39.8 Å². The number of benzene rings is 1. The van der Waals surface area contributed by atoms with E-state index in [0.717, 1.165) is 20.7 Å². The van der Waals surface area contributed by atoms with Crippen molar-refractivity contribution in [2.75, 3.05) is 7.11 Å². The summed E-state index contributed by atoms with van der Waals surface area (Å²) in [7, 11) is 1.38. The summed E-state index contributed by atoms with van der Waals surface area (Å²) in [4.78, 5) is 15.5. The van der Waals surface area contributed by atoms with Crippen molar-refractivity contribution in [1.82, 2.24) is 4.98 Å². The lowest BCUT2D eigenvalue weighted by molar-refractivity contribution is -0.139. The summed E-state index contributed by atoms with van der Waals surface area (Å²) in [5, 5.41) is 2.80. The first-order chi connectivity index (χ1) is 8.19. The van der Waals surface area contributed by atoms with Gasteiger partial charge in [0.25, 0.3) is 0 Å². The van der Waals surface area contributed by atoms with Gasteiger partial charge in [-0.25, -0.2) is 4.98 Å². The first-order valence-corrected chi connectivity index (χ1v) is 6.63. The van der Waals surface area contributed by atoms with Gasteiger partial charge in [-0.05, 0) is 12.1 Å². The number of methoxy groups -OCH3 is 1. The van der Waals surface area contributed by atoms with Crippen LogP contribution in [0.2, 0.25) is 0 Å². The van der Waals surface area contributed by atoms with Crippen LogP contribution < -0.4 is 0 Å². The number of thiazole rings is 1. The van der Waals surface area contributed by atoms with Crippen LogP contribution in [-0.2, 0) is 16.0 Å². The molecule has 88 valence electrons. The molecule has 17 heavy (non-hydrogen) atoms. The average molecular weight is 312 g/mol. The van der Waals surface area contributed by atoms with E-state index in [-0.39, 0.29) is 12.4 Å². The van der Waals surface area contributed by atoms with Gasteiger partial charge in [0.1, 0.15) is 5.01 Å². The fourth-order valence-corrected chi connectivity index (χ4v) is 2.42. The van der Waals surface area contributed by atoms with E-state index in [1.165, 1.54) is 18.4 Å². The molecule has 0 aliphatic carbocycles. The number of rotatable bonds is 3. The van der Waals surface area contributed by atoms with Gasteiger partial charge in [0, 0.05) is 15.4 Å². The molecule has 0 saturated carbocycles. The number of hydrogen-bond acceptors (Lipinski definition) is 4. The zero-order valence-electron chi connectivity index (χ0n) is 9.14. The number of carbonyl (C=O) groups excluding carboxylic acids is 1. The number of esters is 1. The second-order valence-corrected chi connectivity index (χ2v) is 5.18. The van der Waals surface area contributed by atoms with Crippen LogP contribution in [0, 0.1) is 0 Å². The van der Waals surface area contributed by atoms with Gasteiger partial charge >= 0.3 is 5.97 Å². The largest absolute Gasteiger partial charge is 0.469 e. The number of aromatic nitrogens is 1. The van der Waals surface area contributed by atoms with Gasteiger partial charge < -0.3 is 4.74 Å². The van der Waals surface area contributed by atoms with Crippen LogP contribution in [0.1, 0.15) is 5.69 Å². The molecule has 1 aromatic heterocycles. The smallest absolute Gasteiger partial charge is 0.311 e. The van der Waals surface area contributed by atoms with Crippen molar-refractivity contribution in [3.63, 3.8) is 0 Å². The highest BCUT2D eigenvalue weighted by atomic mass is 79.9. The highest BCUT2D eigenvalue weighted by Gasteiger charge is 2.08. The number of hydrogen-bond donors (Lipinski definition) is 0. The monoisotopic (exact) mass is 311 g/mol. The fraction of sp³-hybridized carbons (Fsp3) is 0.167. The lowest BCUT2D eigenvalue weighted by Crippen LogP contribution is -2.04. The Morgan fingerprint density at radius 3 is 2.76 bits per heavy atom. The van der Waals surface area contributed by atoms with Crippen molar-refractivity contribution in [1.29, 1.82) is 0 Å². The highest BCUT2D eigenvalue weighted by molar-refractivity contribution is 9.10. The summed E-state index contributed by atoms with van der Waals surface area (Å²) >= 11 is 4.91. The molecule has 2 aromatic rings. The summed E-state index contributed by atoms with van der Waals surface area (Å²) in [6.45, 7) is 0. The highest BCUT2D eigenvalue weighted by Crippen LogP contribution is 2.25. The van der Waals surface area contributed by atoms with Crippen LogP contribution >= 0.6 is 27.3 Å². The Kier molecular flexibility index (Phi) is 3.91. The molecule has 5 heteroatoms. The third kappa shape index (κ3) is 3.14. The Balaban J connectivity index is 2.18. The third-order valence-electron chi connectivity index (χ3n) is 2.20. The second kappa shape index (κ2) is 5.42. The normalized spacial score (nSPS) is 10.2. The van der Waals surface area contributed by atoms with Crippen LogP contribution in [0.15, 0.2) is 34.1 Å². The maximum atomic E-state index is 11.1. The van der Waals surface area contributed by atoms with Crippen molar-refractivity contribution >= 4 is 33.2 Å². The molecule has 0 atom stereocenters. The van der Waals surface area contributed by atoms with E-state index >= 15 is 0 Å². The molecule has 0 spiro atoms. The SMILES string of the molecule is COC(=O)Cc1csc(-c2ccc(Br)cc2)n1. The summed E-state index contributed by atoms with van der Waals surface area (Å²) in [6.07, 6.45) is 0.226. The third-order valence-corrected chi connectivity index (χ3v) is 3.66. The Morgan fingerprint density at radius 1 is 1.41 bits per heavy atom. The van der Waals surface area contributed by atoms with E-state index in [2.05, 4.69) is 25.7 Å². The van der Waals surface area contributed by atoms with E-state index in [1.54, 1.807) is 0 Å². The van der Waals surface area contributed by atoms with Gasteiger partial charge in [0.15, 0.2) is 0 Å². The summed E-state index contributed by atoms with van der Waals surface area (Å²) in [5.74, 6) is -0.266. The fourth-order valence-electron chi connectivity index (χ4n) is 1.33. The lowest BCUT2D eigenvalue weighted by atomic mass is 10.2. The molecule has 0 bridgehead atoms. The van der Waals surface area contributed by atoms with Crippen LogP contribution in [0.3, 0.4) is 0 Å². The maximum absolute atomic E-state index is 11.1. The Hall–Kier alpha value is -1.20. The minimum absolute atomic E-state index is 0.226. The number of nitrogens with zero attached hydrogens (tertiary/aromatic N) is 1. The molecule has 0 N–H and O–H groups in total. The van der Waals surface area contributed by atoms with Gasteiger partial charge in [-0.3, -0.25) is 4.79 Å². The van der Waals surface area contributed by atoms with Crippen molar-refractivity contribution in [2.45, 2.75) is 6.42 Å². The van der Waals surface area contributed by atoms with E-state index in [0.29, 0.717) is 0 Å². The molecule has 0 fully saturated rings. The van der Waals surface area contributed by atoms with Crippen LogP contribution in [0.5, 0.6) is 0 Å². The zero-order valence-corrected chi connectivity index (χ0v) is 11.5. The summed E-state index contributed by atoms with van der Waals surface area (Å²) in [5.41, 5.74) is 1.80. The van der Waals surface area contributed by atoms with Gasteiger partial charge in [-0.15, -0.1) is 11.3 Å². The molecule has 0 aliphatic rings. The van der Waals surface area contributed by atoms with E-state index in [1.807, 2.05) is 29.6 Å². The van der Waals surface area contributed by atoms with Crippen molar-refractivity contribution < 1.29 is 9.53 Å². The summed E-state index contributed by atoms with van der Waals surface area (Å²) < 4.78 is 5.64. The van der Waals surface area contributed by atoms with Crippen molar-refractivity contribution in [3.8, 4) is 10.6 Å². The molecule has 1 aromatic carbocycles. The molecule has 0 saturated heterocycles. The standard InChI is InChI=1S/C12H10BrNO2S/c1-16-11(15)6-10-7-17-12(14-10)8-2-4-9(13)5-3-8/h2-5,7H,6H2,1H3. The lowest BCUT2D eigenvalue weighted by Gasteiger charge is -1.96. The predicted octanol–water partition coefficient (Wildman–Crippen LogP) is 3.29. The maximum Gasteiger partial charge on any atom is 0.311 e. The van der Waals surface area contributed by atoms with E-state index in [4.69, 9.17) is 0 Å². The molecule has 0 unspecified atom stereocenters. The van der Waals surface area contributed by atoms with E-state index < -0.39 is 0 Å². The average Bonchev–Trinajstić information content (AvgIpc) is 2.78. The zero-order chi connectivity index (χ0) is 12.3. The predicted molar refractivity (Wildman–Crippen MR) is 71.0 cm³/mol. The molecule has 0 aliphatic heterocycles. The Bertz CT molecular complexity index is 522. The molecule has 0 radical (unpaired) electrons. The van der Waals surface area contributed by atoms with E-state index in [9.17, 15) is 4.79 Å². The molecular weight excluding hydrogens is 302 g/mol. The van der Waals surface area contributed by atoms with Gasteiger partial charge in [-0.1, -0.05) is 28.1 Å². The molecule has 3 nitrogen and oxygen atoms in total. The Morgan fingerprint density at radius 2 is 2.12 bits per heavy atom. The molecular formula is C12H10BrNO2S. The number of halogens is 1. The molecule has 1 heterocycles. The van der Waals surface area contributed by atoms with Gasteiger partial charge in [-0.2, -0.15) is 0 Å². The van der Waals surface area contributed by atoms with Crippen LogP contribution in [0.4, 0.5) is 0 Å². The van der Waals surface area contributed by atoms with Gasteiger partial charge in [0.05, 0.1) is 19.2 Å².